The quantitative estimate of drug-likeness (QED) is 0.631. The molecule has 6 nitrogen and oxygen atoms in total. The van der Waals surface area contributed by atoms with E-state index >= 15 is 0 Å². The molecule has 0 unspecified atom stereocenters. The lowest BCUT2D eigenvalue weighted by molar-refractivity contribution is -0.115. The average molecular weight is 389 g/mol. The van der Waals surface area contributed by atoms with Gasteiger partial charge in [-0.2, -0.15) is 0 Å². The number of ether oxygens (including phenoxy) is 1. The first-order valence-corrected chi connectivity index (χ1v) is 10.1. The van der Waals surface area contributed by atoms with Crippen molar-refractivity contribution in [1.82, 2.24) is 15.2 Å². The zero-order valence-electron chi connectivity index (χ0n) is 14.7. The number of carbonyl (C=O) groups is 1. The van der Waals surface area contributed by atoms with Crippen molar-refractivity contribution in [3.8, 4) is 5.75 Å². The van der Waals surface area contributed by atoms with Gasteiger partial charge in [0.15, 0.2) is 0 Å². The molecule has 3 rings (SSSR count). The second-order valence-electron chi connectivity index (χ2n) is 5.81. The molecule has 0 atom stereocenters. The molecule has 2 heterocycles. The van der Waals surface area contributed by atoms with E-state index in [-0.39, 0.29) is 12.3 Å². The SMILES string of the molecule is CCCc1nnc(NC(=O)Cc2csc(COc3ccc(C)cc3)n2)s1. The third-order valence-electron chi connectivity index (χ3n) is 3.50. The molecular weight excluding hydrogens is 368 g/mol. The lowest BCUT2D eigenvalue weighted by Gasteiger charge is -2.03. The van der Waals surface area contributed by atoms with E-state index in [2.05, 4.69) is 27.4 Å². The summed E-state index contributed by atoms with van der Waals surface area (Å²) in [5.74, 6) is 0.671. The van der Waals surface area contributed by atoms with Gasteiger partial charge in [-0.05, 0) is 25.5 Å². The lowest BCUT2D eigenvalue weighted by atomic mass is 10.2. The zero-order chi connectivity index (χ0) is 18.4. The van der Waals surface area contributed by atoms with Crippen molar-refractivity contribution < 1.29 is 9.53 Å². The number of hydrogen-bond acceptors (Lipinski definition) is 7. The number of thiazole rings is 1. The van der Waals surface area contributed by atoms with E-state index in [0.717, 1.165) is 34.3 Å². The van der Waals surface area contributed by atoms with Crippen LogP contribution in [0.25, 0.3) is 0 Å². The second kappa shape index (κ2) is 8.86. The molecule has 0 spiro atoms. The van der Waals surface area contributed by atoms with E-state index in [4.69, 9.17) is 4.74 Å². The molecule has 1 aromatic carbocycles. The number of hydrogen-bond donors (Lipinski definition) is 1. The van der Waals surface area contributed by atoms with Crippen LogP contribution in [-0.4, -0.2) is 21.1 Å². The standard InChI is InChI=1S/C18H20N4O2S2/c1-3-4-16-21-22-18(26-16)20-15(23)9-13-11-25-17(19-13)10-24-14-7-5-12(2)6-8-14/h5-8,11H,3-4,9-10H2,1-2H3,(H,20,22,23). The summed E-state index contributed by atoms with van der Waals surface area (Å²) in [7, 11) is 0. The highest BCUT2D eigenvalue weighted by atomic mass is 32.1. The topological polar surface area (TPSA) is 77.0 Å². The highest BCUT2D eigenvalue weighted by Crippen LogP contribution is 2.18. The van der Waals surface area contributed by atoms with Crippen LogP contribution in [0.3, 0.4) is 0 Å². The minimum atomic E-state index is -0.138. The fourth-order valence-electron chi connectivity index (χ4n) is 2.22. The van der Waals surface area contributed by atoms with Crippen LogP contribution in [0.2, 0.25) is 0 Å². The van der Waals surface area contributed by atoms with Gasteiger partial charge in [0, 0.05) is 11.8 Å². The van der Waals surface area contributed by atoms with Crippen molar-refractivity contribution in [1.29, 1.82) is 0 Å². The van der Waals surface area contributed by atoms with Gasteiger partial charge < -0.3 is 10.1 Å². The lowest BCUT2D eigenvalue weighted by Crippen LogP contribution is -2.14. The minimum absolute atomic E-state index is 0.138. The summed E-state index contributed by atoms with van der Waals surface area (Å²) in [6.07, 6.45) is 2.10. The van der Waals surface area contributed by atoms with Crippen LogP contribution in [0.5, 0.6) is 5.75 Å². The van der Waals surface area contributed by atoms with E-state index < -0.39 is 0 Å². The molecule has 0 radical (unpaired) electrons. The average Bonchev–Trinajstić information content (AvgIpc) is 3.24. The van der Waals surface area contributed by atoms with Gasteiger partial charge in [0.2, 0.25) is 11.0 Å². The predicted molar refractivity (Wildman–Crippen MR) is 104 cm³/mol. The Morgan fingerprint density at radius 3 is 2.77 bits per heavy atom. The smallest absolute Gasteiger partial charge is 0.232 e. The first-order valence-electron chi connectivity index (χ1n) is 8.37. The number of amides is 1. The maximum atomic E-state index is 12.1. The Kier molecular flexibility index (Phi) is 6.30. The molecule has 0 aliphatic rings. The number of carbonyl (C=O) groups excluding carboxylic acids is 1. The van der Waals surface area contributed by atoms with Crippen molar-refractivity contribution in [2.75, 3.05) is 5.32 Å². The van der Waals surface area contributed by atoms with E-state index in [1.165, 1.54) is 28.2 Å². The zero-order valence-corrected chi connectivity index (χ0v) is 16.3. The molecule has 0 saturated heterocycles. The Balaban J connectivity index is 1.49. The number of anilines is 1. The Morgan fingerprint density at radius 1 is 1.19 bits per heavy atom. The summed E-state index contributed by atoms with van der Waals surface area (Å²) in [6, 6.07) is 7.89. The monoisotopic (exact) mass is 388 g/mol. The van der Waals surface area contributed by atoms with Crippen molar-refractivity contribution >= 4 is 33.7 Å². The predicted octanol–water partition coefficient (Wildman–Crippen LogP) is 4.02. The third kappa shape index (κ3) is 5.34. The first kappa shape index (κ1) is 18.5. The van der Waals surface area contributed by atoms with Crippen molar-refractivity contribution in [2.45, 2.75) is 39.7 Å². The van der Waals surface area contributed by atoms with Crippen molar-refractivity contribution in [2.24, 2.45) is 0 Å². The number of aromatic nitrogens is 3. The number of rotatable bonds is 8. The molecule has 3 aromatic rings. The summed E-state index contributed by atoms with van der Waals surface area (Å²) in [4.78, 5) is 16.6. The van der Waals surface area contributed by atoms with Gasteiger partial charge in [0.1, 0.15) is 22.4 Å². The maximum Gasteiger partial charge on any atom is 0.232 e. The highest BCUT2D eigenvalue weighted by molar-refractivity contribution is 7.15. The molecule has 0 aliphatic heterocycles. The van der Waals surface area contributed by atoms with E-state index in [0.29, 0.717) is 11.7 Å². The third-order valence-corrected chi connectivity index (χ3v) is 5.27. The Hall–Kier alpha value is -2.32. The van der Waals surface area contributed by atoms with Gasteiger partial charge in [-0.3, -0.25) is 4.79 Å². The first-order chi connectivity index (χ1) is 12.6. The van der Waals surface area contributed by atoms with Crippen LogP contribution < -0.4 is 10.1 Å². The molecular formula is C18H20N4O2S2. The molecule has 0 aliphatic carbocycles. The molecule has 0 saturated carbocycles. The second-order valence-corrected chi connectivity index (χ2v) is 7.81. The summed E-state index contributed by atoms with van der Waals surface area (Å²) >= 11 is 2.91. The Morgan fingerprint density at radius 2 is 2.00 bits per heavy atom. The number of nitrogens with zero attached hydrogens (tertiary/aromatic N) is 3. The maximum absolute atomic E-state index is 12.1. The van der Waals surface area contributed by atoms with Crippen LogP contribution in [0.4, 0.5) is 5.13 Å². The fourth-order valence-corrected chi connectivity index (χ4v) is 3.79. The van der Waals surface area contributed by atoms with Crippen LogP contribution in [0, 0.1) is 6.92 Å². The number of benzene rings is 1. The van der Waals surface area contributed by atoms with Crippen LogP contribution >= 0.6 is 22.7 Å². The molecule has 1 N–H and O–H groups in total. The molecule has 0 bridgehead atoms. The van der Waals surface area contributed by atoms with E-state index in [1.54, 1.807) is 0 Å². The van der Waals surface area contributed by atoms with E-state index in [9.17, 15) is 4.79 Å². The van der Waals surface area contributed by atoms with Crippen LogP contribution in [-0.2, 0) is 24.2 Å². The summed E-state index contributed by atoms with van der Waals surface area (Å²) in [6.45, 7) is 4.52. The van der Waals surface area contributed by atoms with Gasteiger partial charge >= 0.3 is 0 Å². The van der Waals surface area contributed by atoms with E-state index in [1.807, 2.05) is 36.6 Å². The Bertz CT molecular complexity index is 858. The van der Waals surface area contributed by atoms with Gasteiger partial charge in [-0.15, -0.1) is 21.5 Å². The Labute approximate surface area is 160 Å². The van der Waals surface area contributed by atoms with Crippen molar-refractivity contribution in [3.63, 3.8) is 0 Å². The van der Waals surface area contributed by atoms with Crippen molar-refractivity contribution in [3.05, 3.63) is 50.9 Å². The normalized spacial score (nSPS) is 10.7. The minimum Gasteiger partial charge on any atom is -0.486 e. The fraction of sp³-hybridized carbons (Fsp3) is 0.333. The van der Waals surface area contributed by atoms with Gasteiger partial charge in [-0.1, -0.05) is 36.0 Å². The number of aryl methyl sites for hydroxylation is 2. The molecule has 8 heteroatoms. The number of nitrogens with one attached hydrogen (secondary N) is 1. The molecule has 136 valence electrons. The van der Waals surface area contributed by atoms with Crippen LogP contribution in [0.15, 0.2) is 29.6 Å². The summed E-state index contributed by atoms with van der Waals surface area (Å²) in [5, 5.41) is 15.0. The van der Waals surface area contributed by atoms with Gasteiger partial charge in [-0.25, -0.2) is 4.98 Å². The summed E-state index contributed by atoms with van der Waals surface area (Å²) < 4.78 is 5.72. The molecule has 2 aromatic heterocycles. The summed E-state index contributed by atoms with van der Waals surface area (Å²) in [5.41, 5.74) is 1.92. The molecule has 26 heavy (non-hydrogen) atoms. The van der Waals surface area contributed by atoms with Gasteiger partial charge in [0.05, 0.1) is 12.1 Å². The molecule has 0 fully saturated rings. The largest absolute Gasteiger partial charge is 0.486 e. The van der Waals surface area contributed by atoms with Crippen LogP contribution in [0.1, 0.15) is 34.6 Å². The highest BCUT2D eigenvalue weighted by Gasteiger charge is 2.11. The molecule has 1 amide bonds. The van der Waals surface area contributed by atoms with Gasteiger partial charge in [0.25, 0.3) is 0 Å².